The van der Waals surface area contributed by atoms with Gasteiger partial charge in [0.05, 0.1) is 25.1 Å². The van der Waals surface area contributed by atoms with Crippen molar-refractivity contribution < 1.29 is 19.4 Å². The van der Waals surface area contributed by atoms with Crippen molar-refractivity contribution in [3.63, 3.8) is 0 Å². The van der Waals surface area contributed by atoms with E-state index in [1.165, 1.54) is 0 Å². The summed E-state index contributed by atoms with van der Waals surface area (Å²) in [5.41, 5.74) is 1.60. The van der Waals surface area contributed by atoms with Crippen molar-refractivity contribution in [2.75, 3.05) is 18.6 Å². The molecule has 0 aliphatic carbocycles. The van der Waals surface area contributed by atoms with Crippen molar-refractivity contribution in [2.45, 2.75) is 25.7 Å². The van der Waals surface area contributed by atoms with E-state index in [4.69, 9.17) is 9.84 Å². The van der Waals surface area contributed by atoms with E-state index in [9.17, 15) is 9.59 Å². The number of hydrogen-bond acceptors (Lipinski definition) is 3. The van der Waals surface area contributed by atoms with Crippen LogP contribution in [0.1, 0.15) is 31.2 Å². The summed E-state index contributed by atoms with van der Waals surface area (Å²) < 4.78 is 5.53. The zero-order valence-electron chi connectivity index (χ0n) is 11.0. The van der Waals surface area contributed by atoms with Crippen molar-refractivity contribution in [3.8, 4) is 5.75 Å². The topological polar surface area (TPSA) is 66.8 Å². The Bertz CT molecular complexity index is 512. The Kier molecular flexibility index (Phi) is 3.74. The standard InChI is InChI=1S/C14H17NO4/c1-9(7-14(17)18)10-3-4-12-11(8-10)15(2)13(16)5-6-19-12/h3-4,8-9H,5-7H2,1-2H3,(H,17,18). The first kappa shape index (κ1) is 13.4. The van der Waals surface area contributed by atoms with E-state index in [1.54, 1.807) is 18.0 Å². The molecule has 1 amide bonds. The lowest BCUT2D eigenvalue weighted by atomic mass is 9.97. The molecule has 1 unspecified atom stereocenters. The van der Waals surface area contributed by atoms with E-state index in [2.05, 4.69) is 0 Å². The number of hydrogen-bond donors (Lipinski definition) is 1. The highest BCUT2D eigenvalue weighted by Crippen LogP contribution is 2.34. The summed E-state index contributed by atoms with van der Waals surface area (Å²) >= 11 is 0. The van der Waals surface area contributed by atoms with Crippen molar-refractivity contribution >= 4 is 17.6 Å². The number of carboxylic acids is 1. The first-order valence-electron chi connectivity index (χ1n) is 6.24. The van der Waals surface area contributed by atoms with Crippen LogP contribution in [0.15, 0.2) is 18.2 Å². The van der Waals surface area contributed by atoms with E-state index in [0.717, 1.165) is 5.56 Å². The summed E-state index contributed by atoms with van der Waals surface area (Å²) in [5.74, 6) is -0.265. The number of anilines is 1. The molecule has 1 aliphatic heterocycles. The highest BCUT2D eigenvalue weighted by molar-refractivity contribution is 5.95. The summed E-state index contributed by atoms with van der Waals surface area (Å²) in [4.78, 5) is 24.1. The second-order valence-corrected chi connectivity index (χ2v) is 4.78. The third-order valence-corrected chi connectivity index (χ3v) is 3.34. The van der Waals surface area contributed by atoms with Gasteiger partial charge in [0.15, 0.2) is 0 Å². The quantitative estimate of drug-likeness (QED) is 0.905. The summed E-state index contributed by atoms with van der Waals surface area (Å²) in [6.45, 7) is 2.23. The van der Waals surface area contributed by atoms with Gasteiger partial charge >= 0.3 is 5.97 Å². The minimum Gasteiger partial charge on any atom is -0.491 e. The molecule has 1 aromatic carbocycles. The average Bonchev–Trinajstić information content (AvgIpc) is 2.49. The monoisotopic (exact) mass is 263 g/mol. The summed E-state index contributed by atoms with van der Waals surface area (Å²) in [5, 5.41) is 8.83. The lowest BCUT2D eigenvalue weighted by Gasteiger charge is -2.19. The number of carboxylic acid groups (broad SMARTS) is 1. The van der Waals surface area contributed by atoms with Crippen LogP contribution >= 0.6 is 0 Å². The number of nitrogens with zero attached hydrogens (tertiary/aromatic N) is 1. The Balaban J connectivity index is 2.33. The van der Waals surface area contributed by atoms with Gasteiger partial charge in [-0.25, -0.2) is 0 Å². The zero-order valence-corrected chi connectivity index (χ0v) is 11.0. The smallest absolute Gasteiger partial charge is 0.303 e. The molecule has 1 atom stereocenters. The Morgan fingerprint density at radius 2 is 2.26 bits per heavy atom. The summed E-state index contributed by atoms with van der Waals surface area (Å²) in [7, 11) is 1.71. The molecule has 1 aromatic rings. The third-order valence-electron chi connectivity index (χ3n) is 3.34. The van der Waals surface area contributed by atoms with E-state index >= 15 is 0 Å². The molecule has 2 rings (SSSR count). The van der Waals surface area contributed by atoms with Crippen LogP contribution in [-0.4, -0.2) is 30.6 Å². The molecule has 5 nitrogen and oxygen atoms in total. The van der Waals surface area contributed by atoms with Crippen LogP contribution in [0.3, 0.4) is 0 Å². The minimum atomic E-state index is -0.830. The van der Waals surface area contributed by atoms with Crippen molar-refractivity contribution in [2.24, 2.45) is 0 Å². The molecule has 1 N–H and O–H groups in total. The highest BCUT2D eigenvalue weighted by Gasteiger charge is 2.21. The molecule has 0 bridgehead atoms. The molecule has 0 spiro atoms. The first-order valence-corrected chi connectivity index (χ1v) is 6.24. The molecule has 0 radical (unpaired) electrons. The van der Waals surface area contributed by atoms with Crippen LogP contribution in [0.4, 0.5) is 5.69 Å². The van der Waals surface area contributed by atoms with Crippen LogP contribution in [0.25, 0.3) is 0 Å². The van der Waals surface area contributed by atoms with Crippen LogP contribution in [0.5, 0.6) is 5.75 Å². The number of benzene rings is 1. The van der Waals surface area contributed by atoms with Gasteiger partial charge in [-0.2, -0.15) is 0 Å². The van der Waals surface area contributed by atoms with Gasteiger partial charge in [-0.3, -0.25) is 9.59 Å². The van der Waals surface area contributed by atoms with Crippen LogP contribution in [0.2, 0.25) is 0 Å². The molecule has 0 saturated carbocycles. The van der Waals surface area contributed by atoms with E-state index in [-0.39, 0.29) is 18.2 Å². The predicted molar refractivity (Wildman–Crippen MR) is 70.6 cm³/mol. The van der Waals surface area contributed by atoms with Crippen LogP contribution in [-0.2, 0) is 9.59 Å². The predicted octanol–water partition coefficient (Wildman–Crippen LogP) is 2.01. The van der Waals surface area contributed by atoms with Gasteiger partial charge in [-0.15, -0.1) is 0 Å². The number of ether oxygens (including phenoxy) is 1. The van der Waals surface area contributed by atoms with Gasteiger partial charge < -0.3 is 14.7 Å². The van der Waals surface area contributed by atoms with Gasteiger partial charge in [0.1, 0.15) is 5.75 Å². The normalized spacial score (nSPS) is 16.3. The molecular weight excluding hydrogens is 246 g/mol. The highest BCUT2D eigenvalue weighted by atomic mass is 16.5. The zero-order chi connectivity index (χ0) is 14.0. The number of aliphatic carboxylic acids is 1. The van der Waals surface area contributed by atoms with Gasteiger partial charge in [-0.05, 0) is 23.6 Å². The van der Waals surface area contributed by atoms with E-state index in [1.807, 2.05) is 19.1 Å². The third kappa shape index (κ3) is 2.86. The maximum absolute atomic E-state index is 11.8. The molecular formula is C14H17NO4. The lowest BCUT2D eigenvalue weighted by Crippen LogP contribution is -2.25. The molecule has 1 aliphatic rings. The Hall–Kier alpha value is -2.04. The van der Waals surface area contributed by atoms with Gasteiger partial charge in [0, 0.05) is 7.05 Å². The fourth-order valence-electron chi connectivity index (χ4n) is 2.16. The summed E-state index contributed by atoms with van der Waals surface area (Å²) in [6, 6.07) is 5.50. The van der Waals surface area contributed by atoms with Crippen molar-refractivity contribution in [3.05, 3.63) is 23.8 Å². The Morgan fingerprint density at radius 1 is 1.53 bits per heavy atom. The van der Waals surface area contributed by atoms with Gasteiger partial charge in [0.2, 0.25) is 5.91 Å². The second-order valence-electron chi connectivity index (χ2n) is 4.78. The van der Waals surface area contributed by atoms with Crippen molar-refractivity contribution in [1.29, 1.82) is 0 Å². The van der Waals surface area contributed by atoms with Gasteiger partial charge in [0.25, 0.3) is 0 Å². The molecule has 5 heteroatoms. The number of carbonyl (C=O) groups is 2. The summed E-state index contributed by atoms with van der Waals surface area (Å²) in [6.07, 6.45) is 0.419. The first-order chi connectivity index (χ1) is 8.99. The molecule has 19 heavy (non-hydrogen) atoms. The fraction of sp³-hybridized carbons (Fsp3) is 0.429. The Morgan fingerprint density at radius 3 is 2.95 bits per heavy atom. The van der Waals surface area contributed by atoms with Gasteiger partial charge in [-0.1, -0.05) is 13.0 Å². The van der Waals surface area contributed by atoms with Crippen molar-refractivity contribution in [1.82, 2.24) is 0 Å². The molecule has 0 aromatic heterocycles. The maximum Gasteiger partial charge on any atom is 0.303 e. The second kappa shape index (κ2) is 5.30. The van der Waals surface area contributed by atoms with E-state index < -0.39 is 5.97 Å². The maximum atomic E-state index is 11.8. The molecule has 0 fully saturated rings. The van der Waals surface area contributed by atoms with Crippen LogP contribution in [0, 0.1) is 0 Å². The largest absolute Gasteiger partial charge is 0.491 e. The minimum absolute atomic E-state index is 0.00166. The Labute approximate surface area is 111 Å². The fourth-order valence-corrected chi connectivity index (χ4v) is 2.16. The molecule has 0 saturated heterocycles. The number of fused-ring (bicyclic) bond motifs is 1. The lowest BCUT2D eigenvalue weighted by molar-refractivity contribution is -0.137. The molecule has 1 heterocycles. The van der Waals surface area contributed by atoms with E-state index in [0.29, 0.717) is 24.5 Å². The number of rotatable bonds is 3. The number of carbonyl (C=O) groups excluding carboxylic acids is 1. The van der Waals surface area contributed by atoms with Crippen LogP contribution < -0.4 is 9.64 Å². The average molecular weight is 263 g/mol. The molecule has 102 valence electrons. The SMILES string of the molecule is CC(CC(=O)O)c1ccc2c(c1)N(C)C(=O)CCO2. The number of amides is 1.